The first-order chi connectivity index (χ1) is 16.4. The number of nitrogens with zero attached hydrogens (tertiary/aromatic N) is 1. The zero-order valence-electron chi connectivity index (χ0n) is 18.0. The topological polar surface area (TPSA) is 118 Å². The van der Waals surface area contributed by atoms with E-state index in [2.05, 4.69) is 15.6 Å². The van der Waals surface area contributed by atoms with Crippen LogP contribution < -0.4 is 10.6 Å². The number of benzene rings is 2. The fourth-order valence-electron chi connectivity index (χ4n) is 4.00. The summed E-state index contributed by atoms with van der Waals surface area (Å²) in [4.78, 5) is 40.4. The highest BCUT2D eigenvalue weighted by atomic mass is 35.5. The molecule has 174 valence electrons. The van der Waals surface area contributed by atoms with E-state index in [-0.39, 0.29) is 36.2 Å². The lowest BCUT2D eigenvalue weighted by molar-refractivity contribution is -0.137. The Morgan fingerprint density at radius 1 is 1.00 bits per heavy atom. The number of halogens is 1. The number of ether oxygens (including phenoxy) is 1. The van der Waals surface area contributed by atoms with Crippen molar-refractivity contribution in [2.24, 2.45) is 0 Å². The van der Waals surface area contributed by atoms with Crippen LogP contribution in [0.3, 0.4) is 0 Å². The van der Waals surface area contributed by atoms with Crippen molar-refractivity contribution in [3.05, 3.63) is 83.0 Å². The van der Waals surface area contributed by atoms with E-state index in [1.807, 2.05) is 48.5 Å². The Balaban J connectivity index is 1.43. The SMILES string of the molecule is O=C(O)CCC(NC(=O)OCC1c2ccccc2-c2ccccc21)C(=O)Nc1ncccc1Cl. The first-order valence-corrected chi connectivity index (χ1v) is 11.1. The molecule has 1 aliphatic carbocycles. The number of aliphatic carboxylic acids is 1. The predicted octanol–water partition coefficient (Wildman–Crippen LogP) is 4.45. The Kier molecular flexibility index (Phi) is 7.08. The van der Waals surface area contributed by atoms with Crippen LogP contribution in [0.15, 0.2) is 66.9 Å². The second-order valence-corrected chi connectivity index (χ2v) is 8.19. The van der Waals surface area contributed by atoms with E-state index in [0.717, 1.165) is 22.3 Å². The number of hydrogen-bond acceptors (Lipinski definition) is 5. The standard InChI is InChI=1S/C25H22ClN3O5/c26-20-10-5-13-27-23(20)29-24(32)21(11-12-22(30)31)28-25(33)34-14-19-17-8-3-1-6-15(17)16-7-2-4-9-18(16)19/h1-10,13,19,21H,11-12,14H2,(H,28,33)(H,30,31)(H,27,29,32). The second-order valence-electron chi connectivity index (χ2n) is 7.78. The number of nitrogens with one attached hydrogen (secondary N) is 2. The largest absolute Gasteiger partial charge is 0.481 e. The van der Waals surface area contributed by atoms with Crippen LogP contribution in [0.4, 0.5) is 10.6 Å². The quantitative estimate of drug-likeness (QED) is 0.439. The Labute approximate surface area is 200 Å². The van der Waals surface area contributed by atoms with Gasteiger partial charge in [0.15, 0.2) is 5.82 Å². The van der Waals surface area contributed by atoms with E-state index < -0.39 is 24.0 Å². The molecule has 1 atom stereocenters. The predicted molar refractivity (Wildman–Crippen MR) is 127 cm³/mol. The van der Waals surface area contributed by atoms with Gasteiger partial charge < -0.3 is 20.5 Å². The van der Waals surface area contributed by atoms with Gasteiger partial charge in [0.1, 0.15) is 12.6 Å². The van der Waals surface area contributed by atoms with Gasteiger partial charge in [-0.3, -0.25) is 9.59 Å². The lowest BCUT2D eigenvalue weighted by atomic mass is 9.98. The minimum Gasteiger partial charge on any atom is -0.481 e. The molecule has 1 aliphatic rings. The molecule has 2 aromatic carbocycles. The van der Waals surface area contributed by atoms with Gasteiger partial charge in [-0.2, -0.15) is 0 Å². The summed E-state index contributed by atoms with van der Waals surface area (Å²) in [6.45, 7) is 0.0686. The first kappa shape index (κ1) is 23.3. The molecule has 1 heterocycles. The maximum Gasteiger partial charge on any atom is 0.407 e. The number of rotatable bonds is 8. The van der Waals surface area contributed by atoms with E-state index in [0.29, 0.717) is 0 Å². The van der Waals surface area contributed by atoms with Crippen LogP contribution >= 0.6 is 11.6 Å². The van der Waals surface area contributed by atoms with Crippen molar-refractivity contribution in [1.29, 1.82) is 0 Å². The van der Waals surface area contributed by atoms with Crippen LogP contribution in [0.1, 0.15) is 29.9 Å². The molecule has 1 aromatic heterocycles. The number of anilines is 1. The lowest BCUT2D eigenvalue weighted by Crippen LogP contribution is -2.44. The fourth-order valence-corrected chi connectivity index (χ4v) is 4.17. The maximum absolute atomic E-state index is 12.7. The normalized spacial score (nSPS) is 12.9. The molecule has 0 bridgehead atoms. The van der Waals surface area contributed by atoms with Crippen LogP contribution in [-0.4, -0.2) is 40.7 Å². The summed E-state index contributed by atoms with van der Waals surface area (Å²) in [6, 6.07) is 17.9. The minimum atomic E-state index is -1.15. The van der Waals surface area contributed by atoms with E-state index in [1.165, 1.54) is 6.20 Å². The number of carboxylic acids is 1. The molecule has 0 spiro atoms. The van der Waals surface area contributed by atoms with Crippen LogP contribution in [0, 0.1) is 0 Å². The Hall–Kier alpha value is -3.91. The third kappa shape index (κ3) is 5.18. The fraction of sp³-hybridized carbons (Fsp3) is 0.200. The molecule has 0 fully saturated rings. The van der Waals surface area contributed by atoms with Gasteiger partial charge in [-0.05, 0) is 40.8 Å². The van der Waals surface area contributed by atoms with Gasteiger partial charge in [-0.25, -0.2) is 9.78 Å². The number of aromatic nitrogens is 1. The monoisotopic (exact) mass is 479 g/mol. The van der Waals surface area contributed by atoms with E-state index in [9.17, 15) is 14.4 Å². The molecule has 0 saturated heterocycles. The van der Waals surface area contributed by atoms with Crippen molar-refractivity contribution in [2.45, 2.75) is 24.8 Å². The summed E-state index contributed by atoms with van der Waals surface area (Å²) < 4.78 is 5.48. The highest BCUT2D eigenvalue weighted by molar-refractivity contribution is 6.33. The van der Waals surface area contributed by atoms with Gasteiger partial charge in [0.05, 0.1) is 5.02 Å². The molecule has 0 aliphatic heterocycles. The summed E-state index contributed by atoms with van der Waals surface area (Å²) in [5.41, 5.74) is 4.30. The van der Waals surface area contributed by atoms with Gasteiger partial charge >= 0.3 is 12.1 Å². The molecular formula is C25H22ClN3O5. The van der Waals surface area contributed by atoms with Crippen molar-refractivity contribution in [3.63, 3.8) is 0 Å². The van der Waals surface area contributed by atoms with Crippen LogP contribution in [0.25, 0.3) is 11.1 Å². The number of carbonyl (C=O) groups excluding carboxylic acids is 2. The lowest BCUT2D eigenvalue weighted by Gasteiger charge is -2.19. The van der Waals surface area contributed by atoms with Crippen molar-refractivity contribution in [1.82, 2.24) is 10.3 Å². The average Bonchev–Trinajstić information content (AvgIpc) is 3.15. The van der Waals surface area contributed by atoms with Gasteiger partial charge in [0.2, 0.25) is 5.91 Å². The number of alkyl carbamates (subject to hydrolysis) is 1. The Bertz CT molecular complexity index is 1190. The molecule has 0 saturated carbocycles. The van der Waals surface area contributed by atoms with E-state index in [4.69, 9.17) is 21.4 Å². The van der Waals surface area contributed by atoms with Crippen molar-refractivity contribution < 1.29 is 24.2 Å². The average molecular weight is 480 g/mol. The summed E-state index contributed by atoms with van der Waals surface area (Å²) >= 11 is 6.03. The highest BCUT2D eigenvalue weighted by Crippen LogP contribution is 2.44. The summed E-state index contributed by atoms with van der Waals surface area (Å²) in [5.74, 6) is -1.76. The molecule has 34 heavy (non-hydrogen) atoms. The third-order valence-electron chi connectivity index (χ3n) is 5.60. The van der Waals surface area contributed by atoms with E-state index >= 15 is 0 Å². The van der Waals surface area contributed by atoms with Gasteiger partial charge in [0.25, 0.3) is 0 Å². The van der Waals surface area contributed by atoms with Crippen molar-refractivity contribution >= 4 is 35.4 Å². The van der Waals surface area contributed by atoms with Crippen LogP contribution in [0.2, 0.25) is 5.02 Å². The maximum atomic E-state index is 12.7. The van der Waals surface area contributed by atoms with Crippen molar-refractivity contribution in [2.75, 3.05) is 11.9 Å². The molecular weight excluding hydrogens is 458 g/mol. The van der Waals surface area contributed by atoms with Crippen LogP contribution in [-0.2, 0) is 14.3 Å². The van der Waals surface area contributed by atoms with Gasteiger partial charge in [-0.1, -0.05) is 60.1 Å². The van der Waals surface area contributed by atoms with Gasteiger partial charge in [-0.15, -0.1) is 0 Å². The summed E-state index contributed by atoms with van der Waals surface area (Å²) in [5, 5.41) is 14.2. The Morgan fingerprint density at radius 2 is 1.65 bits per heavy atom. The second kappa shape index (κ2) is 10.4. The Morgan fingerprint density at radius 3 is 2.26 bits per heavy atom. The molecule has 2 amide bonds. The smallest absolute Gasteiger partial charge is 0.407 e. The third-order valence-corrected chi connectivity index (χ3v) is 5.90. The number of hydrogen-bond donors (Lipinski definition) is 3. The summed E-state index contributed by atoms with van der Waals surface area (Å²) in [7, 11) is 0. The first-order valence-electron chi connectivity index (χ1n) is 10.7. The van der Waals surface area contributed by atoms with Gasteiger partial charge in [0, 0.05) is 18.5 Å². The zero-order chi connectivity index (χ0) is 24.1. The van der Waals surface area contributed by atoms with Crippen LogP contribution in [0.5, 0.6) is 0 Å². The molecule has 4 rings (SSSR count). The summed E-state index contributed by atoms with van der Waals surface area (Å²) in [6.07, 6.45) is 0.180. The van der Waals surface area contributed by atoms with Crippen molar-refractivity contribution in [3.8, 4) is 11.1 Å². The molecule has 3 aromatic rings. The molecule has 9 heteroatoms. The minimum absolute atomic E-state index is 0.0686. The number of pyridine rings is 1. The molecule has 8 nitrogen and oxygen atoms in total. The molecule has 3 N–H and O–H groups in total. The molecule has 1 unspecified atom stereocenters. The number of amides is 2. The van der Waals surface area contributed by atoms with E-state index in [1.54, 1.807) is 12.1 Å². The zero-order valence-corrected chi connectivity index (χ0v) is 18.8. The number of carbonyl (C=O) groups is 3. The number of fused-ring (bicyclic) bond motifs is 3. The highest BCUT2D eigenvalue weighted by Gasteiger charge is 2.30. The molecule has 0 radical (unpaired) electrons. The number of carboxylic acid groups (broad SMARTS) is 1.